The van der Waals surface area contributed by atoms with Gasteiger partial charge in [0.15, 0.2) is 0 Å². The first-order valence-corrected chi connectivity index (χ1v) is 8.41. The SMILES string of the molecule is CCCCCCCCC(O)CCCC/C=C/C=C/C(=O)O. The number of aliphatic hydroxyl groups is 1. The Labute approximate surface area is 129 Å². The fourth-order valence-corrected chi connectivity index (χ4v) is 2.26. The van der Waals surface area contributed by atoms with Gasteiger partial charge in [-0.15, -0.1) is 0 Å². The van der Waals surface area contributed by atoms with Gasteiger partial charge in [0.1, 0.15) is 0 Å². The van der Waals surface area contributed by atoms with Crippen LogP contribution in [0.15, 0.2) is 24.3 Å². The average molecular weight is 296 g/mol. The number of hydrogen-bond donors (Lipinski definition) is 2. The summed E-state index contributed by atoms with van der Waals surface area (Å²) in [6, 6.07) is 0. The third-order valence-corrected chi connectivity index (χ3v) is 3.54. The maximum Gasteiger partial charge on any atom is 0.328 e. The van der Waals surface area contributed by atoms with Gasteiger partial charge in [0.05, 0.1) is 6.10 Å². The number of carboxylic acid groups (broad SMARTS) is 1. The third kappa shape index (κ3) is 16.9. The quantitative estimate of drug-likeness (QED) is 0.273. The number of aliphatic carboxylic acids is 1. The van der Waals surface area contributed by atoms with E-state index in [1.54, 1.807) is 6.08 Å². The fourth-order valence-electron chi connectivity index (χ4n) is 2.26. The van der Waals surface area contributed by atoms with Crippen LogP contribution in [0.25, 0.3) is 0 Å². The van der Waals surface area contributed by atoms with Gasteiger partial charge in [-0.1, -0.05) is 70.1 Å². The van der Waals surface area contributed by atoms with E-state index in [0.29, 0.717) is 0 Å². The van der Waals surface area contributed by atoms with Crippen LogP contribution in [0.4, 0.5) is 0 Å². The average Bonchev–Trinajstić information content (AvgIpc) is 2.45. The number of aliphatic hydroxyl groups excluding tert-OH is 1. The largest absolute Gasteiger partial charge is 0.478 e. The Balaban J connectivity index is 3.33. The maximum atomic E-state index is 10.2. The van der Waals surface area contributed by atoms with Crippen LogP contribution in [0.5, 0.6) is 0 Å². The van der Waals surface area contributed by atoms with E-state index in [1.165, 1.54) is 38.2 Å². The zero-order valence-electron chi connectivity index (χ0n) is 13.5. The van der Waals surface area contributed by atoms with Crippen LogP contribution in [0.1, 0.15) is 77.6 Å². The molecule has 0 rings (SSSR count). The van der Waals surface area contributed by atoms with E-state index < -0.39 is 5.97 Å². The molecule has 0 spiro atoms. The van der Waals surface area contributed by atoms with Crippen molar-refractivity contribution >= 4 is 5.97 Å². The lowest BCUT2D eigenvalue weighted by Crippen LogP contribution is -2.05. The lowest BCUT2D eigenvalue weighted by atomic mass is 10.0. The summed E-state index contributed by atoms with van der Waals surface area (Å²) in [7, 11) is 0. The predicted octanol–water partition coefficient (Wildman–Crippen LogP) is 4.86. The summed E-state index contributed by atoms with van der Waals surface area (Å²) in [5.41, 5.74) is 0. The highest BCUT2D eigenvalue weighted by Gasteiger charge is 2.03. The highest BCUT2D eigenvalue weighted by atomic mass is 16.4. The Morgan fingerprint density at radius 2 is 1.57 bits per heavy atom. The molecule has 0 aromatic carbocycles. The second-order valence-electron chi connectivity index (χ2n) is 5.62. The van der Waals surface area contributed by atoms with E-state index in [-0.39, 0.29) is 6.10 Å². The Morgan fingerprint density at radius 1 is 0.952 bits per heavy atom. The number of hydrogen-bond acceptors (Lipinski definition) is 2. The van der Waals surface area contributed by atoms with E-state index >= 15 is 0 Å². The van der Waals surface area contributed by atoms with Crippen LogP contribution in [0.2, 0.25) is 0 Å². The van der Waals surface area contributed by atoms with Crippen molar-refractivity contribution in [1.82, 2.24) is 0 Å². The zero-order chi connectivity index (χ0) is 15.8. The molecule has 0 saturated heterocycles. The molecule has 1 atom stereocenters. The number of rotatable bonds is 14. The molecule has 2 N–H and O–H groups in total. The van der Waals surface area contributed by atoms with Crippen LogP contribution in [0, 0.1) is 0 Å². The first kappa shape index (κ1) is 19.9. The molecule has 0 aromatic rings. The molecule has 1 unspecified atom stereocenters. The molecular weight excluding hydrogens is 264 g/mol. The summed E-state index contributed by atoms with van der Waals surface area (Å²) in [5.74, 6) is -0.919. The number of carboxylic acids is 1. The standard InChI is InChI=1S/C18H32O3/c1-2-3-4-5-8-11-14-17(19)15-12-9-6-7-10-13-16-18(20)21/h7,10,13,16-17,19H,2-6,8-9,11-12,14-15H2,1H3,(H,20,21)/b10-7+,16-13+. The maximum absolute atomic E-state index is 10.2. The van der Waals surface area contributed by atoms with Crippen molar-refractivity contribution in [3.05, 3.63) is 24.3 Å². The van der Waals surface area contributed by atoms with Crippen molar-refractivity contribution in [3.63, 3.8) is 0 Å². The minimum absolute atomic E-state index is 0.146. The van der Waals surface area contributed by atoms with Crippen LogP contribution in [-0.2, 0) is 4.79 Å². The van der Waals surface area contributed by atoms with Crippen molar-refractivity contribution in [3.8, 4) is 0 Å². The molecule has 3 heteroatoms. The molecule has 122 valence electrons. The van der Waals surface area contributed by atoms with Gasteiger partial charge in [-0.2, -0.15) is 0 Å². The van der Waals surface area contributed by atoms with Gasteiger partial charge in [-0.05, 0) is 25.7 Å². The van der Waals surface area contributed by atoms with Crippen LogP contribution in [0.3, 0.4) is 0 Å². The van der Waals surface area contributed by atoms with E-state index in [2.05, 4.69) is 6.92 Å². The van der Waals surface area contributed by atoms with Crippen molar-refractivity contribution in [1.29, 1.82) is 0 Å². The summed E-state index contributed by atoms with van der Waals surface area (Å²) in [6.07, 6.45) is 18.7. The fraction of sp³-hybridized carbons (Fsp3) is 0.722. The molecule has 0 heterocycles. The Morgan fingerprint density at radius 3 is 2.24 bits per heavy atom. The third-order valence-electron chi connectivity index (χ3n) is 3.54. The summed E-state index contributed by atoms with van der Waals surface area (Å²) in [6.45, 7) is 2.22. The highest BCUT2D eigenvalue weighted by Crippen LogP contribution is 2.12. The summed E-state index contributed by atoms with van der Waals surface area (Å²) in [5, 5.41) is 18.3. The molecule has 0 aromatic heterocycles. The molecule has 0 aliphatic heterocycles. The second-order valence-corrected chi connectivity index (χ2v) is 5.62. The molecule has 21 heavy (non-hydrogen) atoms. The first-order valence-electron chi connectivity index (χ1n) is 8.41. The first-order chi connectivity index (χ1) is 10.2. The van der Waals surface area contributed by atoms with Crippen molar-refractivity contribution < 1.29 is 15.0 Å². The normalized spacial score (nSPS) is 13.2. The molecule has 3 nitrogen and oxygen atoms in total. The van der Waals surface area contributed by atoms with Crippen LogP contribution >= 0.6 is 0 Å². The molecule has 0 bridgehead atoms. The number of carbonyl (C=O) groups is 1. The second kappa shape index (κ2) is 15.3. The molecule has 0 aliphatic carbocycles. The van der Waals surface area contributed by atoms with E-state index in [1.807, 2.05) is 6.08 Å². The van der Waals surface area contributed by atoms with Gasteiger partial charge in [0.25, 0.3) is 0 Å². The number of unbranched alkanes of at least 4 members (excludes halogenated alkanes) is 7. The Bertz CT molecular complexity index is 295. The summed E-state index contributed by atoms with van der Waals surface area (Å²) < 4.78 is 0. The molecule has 0 radical (unpaired) electrons. The Kier molecular flexibility index (Phi) is 14.5. The van der Waals surface area contributed by atoms with Gasteiger partial charge in [-0.25, -0.2) is 4.79 Å². The topological polar surface area (TPSA) is 57.5 Å². The van der Waals surface area contributed by atoms with Crippen LogP contribution < -0.4 is 0 Å². The van der Waals surface area contributed by atoms with Crippen molar-refractivity contribution in [2.45, 2.75) is 83.7 Å². The molecule has 0 aliphatic rings. The smallest absolute Gasteiger partial charge is 0.328 e. The van der Waals surface area contributed by atoms with Gasteiger partial charge in [0, 0.05) is 6.08 Å². The van der Waals surface area contributed by atoms with Gasteiger partial charge in [0.2, 0.25) is 0 Å². The summed E-state index contributed by atoms with van der Waals surface area (Å²) >= 11 is 0. The van der Waals surface area contributed by atoms with E-state index in [4.69, 9.17) is 5.11 Å². The lowest BCUT2D eigenvalue weighted by Gasteiger charge is -2.09. The zero-order valence-corrected chi connectivity index (χ0v) is 13.5. The van der Waals surface area contributed by atoms with Gasteiger partial charge < -0.3 is 10.2 Å². The monoisotopic (exact) mass is 296 g/mol. The molecule has 0 fully saturated rings. The van der Waals surface area contributed by atoms with Crippen molar-refractivity contribution in [2.24, 2.45) is 0 Å². The van der Waals surface area contributed by atoms with Crippen molar-refractivity contribution in [2.75, 3.05) is 0 Å². The minimum Gasteiger partial charge on any atom is -0.478 e. The van der Waals surface area contributed by atoms with Crippen LogP contribution in [-0.4, -0.2) is 22.3 Å². The summed E-state index contributed by atoms with van der Waals surface area (Å²) in [4.78, 5) is 10.2. The lowest BCUT2D eigenvalue weighted by molar-refractivity contribution is -0.131. The highest BCUT2D eigenvalue weighted by molar-refractivity contribution is 5.80. The van der Waals surface area contributed by atoms with E-state index in [9.17, 15) is 9.90 Å². The Hall–Kier alpha value is -1.09. The predicted molar refractivity (Wildman–Crippen MR) is 88.4 cm³/mol. The molecule has 0 saturated carbocycles. The van der Waals surface area contributed by atoms with E-state index in [0.717, 1.165) is 44.6 Å². The minimum atomic E-state index is -0.919. The van der Waals surface area contributed by atoms with Gasteiger partial charge in [-0.3, -0.25) is 0 Å². The molecule has 0 amide bonds. The van der Waals surface area contributed by atoms with Gasteiger partial charge >= 0.3 is 5.97 Å². The number of allylic oxidation sites excluding steroid dienone is 3. The molecular formula is C18H32O3.